The minimum Gasteiger partial charge on any atom is -0.467 e. The average Bonchev–Trinajstić information content (AvgIpc) is 3.16. The van der Waals surface area contributed by atoms with E-state index in [0.29, 0.717) is 17.5 Å². The quantitative estimate of drug-likeness (QED) is 0.456. The van der Waals surface area contributed by atoms with Gasteiger partial charge < -0.3 is 25.5 Å². The number of nitrogens with zero attached hydrogens (tertiary/aromatic N) is 4. The zero-order valence-electron chi connectivity index (χ0n) is 15.9. The maximum Gasteiger partial charge on any atom is 0.321 e. The van der Waals surface area contributed by atoms with Gasteiger partial charge >= 0.3 is 6.01 Å². The highest BCUT2D eigenvalue weighted by Crippen LogP contribution is 2.27. The van der Waals surface area contributed by atoms with Gasteiger partial charge in [-0.2, -0.15) is 9.97 Å². The summed E-state index contributed by atoms with van der Waals surface area (Å²) in [5.41, 5.74) is 8.64. The normalized spacial score (nSPS) is 10.6. The summed E-state index contributed by atoms with van der Waals surface area (Å²) in [6, 6.07) is 17.0. The highest BCUT2D eigenvalue weighted by atomic mass is 16.5. The largest absolute Gasteiger partial charge is 0.467 e. The molecule has 2 aromatic heterocycles. The fourth-order valence-electron chi connectivity index (χ4n) is 2.70. The lowest BCUT2D eigenvalue weighted by atomic mass is 10.2. The maximum atomic E-state index is 5.79. The van der Waals surface area contributed by atoms with Gasteiger partial charge in [0.15, 0.2) is 5.82 Å². The number of hydrogen-bond donors (Lipinski definition) is 3. The minimum absolute atomic E-state index is 0.137. The van der Waals surface area contributed by atoms with Crippen LogP contribution in [-0.2, 0) is 0 Å². The molecule has 0 aliphatic heterocycles. The molecule has 4 N–H and O–H groups in total. The zero-order chi connectivity index (χ0) is 20.2. The van der Waals surface area contributed by atoms with Crippen LogP contribution in [0.15, 0.2) is 54.6 Å². The summed E-state index contributed by atoms with van der Waals surface area (Å²) in [5.74, 6) is 2.25. The molecule has 4 aromatic rings. The van der Waals surface area contributed by atoms with Crippen molar-refractivity contribution in [3.05, 3.63) is 60.2 Å². The van der Waals surface area contributed by atoms with Gasteiger partial charge in [0.1, 0.15) is 11.6 Å². The Kier molecular flexibility index (Phi) is 4.93. The summed E-state index contributed by atoms with van der Waals surface area (Å²) in [5, 5.41) is 11.6. The summed E-state index contributed by atoms with van der Waals surface area (Å²) >= 11 is 0. The van der Waals surface area contributed by atoms with Crippen LogP contribution in [0.3, 0.4) is 0 Å². The lowest BCUT2D eigenvalue weighted by molar-refractivity contribution is 0.367. The molecule has 0 amide bonds. The third kappa shape index (κ3) is 4.41. The van der Waals surface area contributed by atoms with E-state index >= 15 is 0 Å². The first-order valence-electron chi connectivity index (χ1n) is 8.82. The van der Waals surface area contributed by atoms with Gasteiger partial charge in [0.2, 0.25) is 11.8 Å². The number of H-pyrrole nitrogens is 1. The minimum atomic E-state index is 0.137. The number of aryl methyl sites for hydroxylation is 1. The summed E-state index contributed by atoms with van der Waals surface area (Å²) in [6.45, 7) is 2.03. The molecule has 4 rings (SSSR count). The van der Waals surface area contributed by atoms with Crippen LogP contribution < -0.4 is 20.5 Å². The van der Waals surface area contributed by atoms with Crippen LogP contribution in [0, 0.1) is 6.92 Å². The average molecular weight is 389 g/mol. The standard InChI is InChI=1S/C20H19N7O2/c1-12-5-3-7-14(9-12)22-19-25-18(26-27-19)13-6-4-8-15(10-13)29-17-11-16(21)23-20(24-17)28-2/h3-11H,1-2H3,(H2,21,23,24)(H2,22,25,26,27). The first-order valence-corrected chi connectivity index (χ1v) is 8.82. The van der Waals surface area contributed by atoms with Crippen molar-refractivity contribution in [1.82, 2.24) is 25.1 Å². The van der Waals surface area contributed by atoms with Gasteiger partial charge in [-0.25, -0.2) is 0 Å². The van der Waals surface area contributed by atoms with E-state index in [-0.39, 0.29) is 17.7 Å². The molecule has 2 heterocycles. The molecule has 0 atom stereocenters. The van der Waals surface area contributed by atoms with Crippen molar-refractivity contribution in [3.63, 3.8) is 0 Å². The third-order valence-corrected chi connectivity index (χ3v) is 3.98. The van der Waals surface area contributed by atoms with Crippen LogP contribution in [0.2, 0.25) is 0 Å². The monoisotopic (exact) mass is 389 g/mol. The first kappa shape index (κ1) is 18.2. The second kappa shape index (κ2) is 7.85. The van der Waals surface area contributed by atoms with E-state index < -0.39 is 0 Å². The molecular weight excluding hydrogens is 370 g/mol. The maximum absolute atomic E-state index is 5.79. The lowest BCUT2D eigenvalue weighted by Gasteiger charge is -2.07. The van der Waals surface area contributed by atoms with Gasteiger partial charge in [0.25, 0.3) is 0 Å². The van der Waals surface area contributed by atoms with Crippen LogP contribution in [0.5, 0.6) is 17.6 Å². The van der Waals surface area contributed by atoms with Gasteiger partial charge in [-0.1, -0.05) is 24.3 Å². The van der Waals surface area contributed by atoms with Crippen LogP contribution in [0.25, 0.3) is 11.4 Å². The van der Waals surface area contributed by atoms with E-state index in [1.54, 1.807) is 6.07 Å². The predicted molar refractivity (Wildman–Crippen MR) is 109 cm³/mol. The molecule has 0 saturated carbocycles. The van der Waals surface area contributed by atoms with E-state index in [1.165, 1.54) is 13.2 Å². The summed E-state index contributed by atoms with van der Waals surface area (Å²) < 4.78 is 10.8. The van der Waals surface area contributed by atoms with Crippen molar-refractivity contribution in [2.45, 2.75) is 6.92 Å². The van der Waals surface area contributed by atoms with Crippen molar-refractivity contribution in [3.8, 4) is 29.0 Å². The second-order valence-electron chi connectivity index (χ2n) is 6.26. The number of rotatable bonds is 6. The topological polar surface area (TPSA) is 124 Å². The smallest absolute Gasteiger partial charge is 0.321 e. The molecule has 9 nitrogen and oxygen atoms in total. The summed E-state index contributed by atoms with van der Waals surface area (Å²) in [4.78, 5) is 11.2. The Bertz CT molecular complexity index is 1140. The molecule has 0 aliphatic carbocycles. The molecule has 0 spiro atoms. The molecule has 2 aromatic carbocycles. The number of aromatic nitrogens is 5. The molecule has 0 bridgehead atoms. The number of hydrogen-bond acceptors (Lipinski definition) is 8. The summed E-state index contributed by atoms with van der Waals surface area (Å²) in [6.07, 6.45) is 0. The van der Waals surface area contributed by atoms with E-state index in [4.69, 9.17) is 15.2 Å². The Morgan fingerprint density at radius 3 is 2.69 bits per heavy atom. The molecule has 146 valence electrons. The SMILES string of the molecule is COc1nc(N)cc(Oc2cccc(-c3nnc(Nc4cccc(C)c4)[nH]3)c2)n1. The van der Waals surface area contributed by atoms with Crippen molar-refractivity contribution in [2.24, 2.45) is 0 Å². The molecule has 0 fully saturated rings. The molecular formula is C20H19N7O2. The number of methoxy groups -OCH3 is 1. The Hall–Kier alpha value is -4.14. The highest BCUT2D eigenvalue weighted by Gasteiger charge is 2.09. The first-order chi connectivity index (χ1) is 14.1. The number of nitrogens with one attached hydrogen (secondary N) is 2. The second-order valence-corrected chi connectivity index (χ2v) is 6.26. The molecule has 9 heteroatoms. The lowest BCUT2D eigenvalue weighted by Crippen LogP contribution is -1.99. The van der Waals surface area contributed by atoms with Gasteiger partial charge in [-0.15, -0.1) is 10.2 Å². The van der Waals surface area contributed by atoms with Gasteiger partial charge in [0.05, 0.1) is 7.11 Å². The van der Waals surface area contributed by atoms with Crippen molar-refractivity contribution >= 4 is 17.5 Å². The third-order valence-electron chi connectivity index (χ3n) is 3.98. The molecule has 0 radical (unpaired) electrons. The predicted octanol–water partition coefficient (Wildman–Crippen LogP) is 3.70. The van der Waals surface area contributed by atoms with E-state index in [1.807, 2.05) is 49.4 Å². The number of benzene rings is 2. The van der Waals surface area contributed by atoms with Gasteiger partial charge in [-0.05, 0) is 36.8 Å². The highest BCUT2D eigenvalue weighted by molar-refractivity contribution is 5.61. The van der Waals surface area contributed by atoms with Crippen molar-refractivity contribution in [1.29, 1.82) is 0 Å². The Morgan fingerprint density at radius 2 is 1.86 bits per heavy atom. The van der Waals surface area contributed by atoms with Crippen LogP contribution in [0.1, 0.15) is 5.56 Å². The molecule has 29 heavy (non-hydrogen) atoms. The number of aromatic amines is 1. The van der Waals surface area contributed by atoms with Crippen molar-refractivity contribution < 1.29 is 9.47 Å². The van der Waals surface area contributed by atoms with E-state index in [9.17, 15) is 0 Å². The fourth-order valence-corrected chi connectivity index (χ4v) is 2.70. The Morgan fingerprint density at radius 1 is 1.00 bits per heavy atom. The molecule has 0 unspecified atom stereocenters. The van der Waals surface area contributed by atoms with E-state index in [0.717, 1.165) is 16.8 Å². The van der Waals surface area contributed by atoms with E-state index in [2.05, 4.69) is 30.5 Å². The van der Waals surface area contributed by atoms with Crippen LogP contribution in [-0.4, -0.2) is 32.3 Å². The number of nitrogens with two attached hydrogens (primary N) is 1. The van der Waals surface area contributed by atoms with Crippen molar-refractivity contribution in [2.75, 3.05) is 18.2 Å². The molecule has 0 saturated heterocycles. The van der Waals surface area contributed by atoms with Gasteiger partial charge in [0, 0.05) is 17.3 Å². The summed E-state index contributed by atoms with van der Waals surface area (Å²) in [7, 11) is 1.46. The zero-order valence-corrected chi connectivity index (χ0v) is 15.9. The number of ether oxygens (including phenoxy) is 2. The Labute approximate surface area is 167 Å². The fraction of sp³-hybridized carbons (Fsp3) is 0.100. The van der Waals surface area contributed by atoms with Gasteiger partial charge in [-0.3, -0.25) is 0 Å². The molecule has 0 aliphatic rings. The Balaban J connectivity index is 1.53. The number of nitrogen functional groups attached to an aromatic ring is 1. The van der Waals surface area contributed by atoms with Crippen LogP contribution in [0.4, 0.5) is 17.5 Å². The van der Waals surface area contributed by atoms with Crippen LogP contribution >= 0.6 is 0 Å². The number of anilines is 3.